The highest BCUT2D eigenvalue weighted by atomic mass is 16.8. The maximum atomic E-state index is 5.67. The second kappa shape index (κ2) is 3.78. The molecule has 0 radical (unpaired) electrons. The van der Waals surface area contributed by atoms with Crippen LogP contribution in [-0.2, 0) is 14.2 Å². The lowest BCUT2D eigenvalue weighted by atomic mass is 10.1. The SMILES string of the molecule is C=CCC[C@H]1OC(OCC)[C@@H]2O[C@H]12. The Kier molecular flexibility index (Phi) is 2.67. The third-order valence-electron chi connectivity index (χ3n) is 2.49. The highest BCUT2D eigenvalue weighted by Gasteiger charge is 2.58. The molecule has 0 bridgehead atoms. The highest BCUT2D eigenvalue weighted by Crippen LogP contribution is 2.41. The van der Waals surface area contributed by atoms with Gasteiger partial charge in [0.15, 0.2) is 6.29 Å². The van der Waals surface area contributed by atoms with Gasteiger partial charge in [0.05, 0.1) is 6.10 Å². The van der Waals surface area contributed by atoms with Crippen molar-refractivity contribution in [2.75, 3.05) is 6.61 Å². The maximum Gasteiger partial charge on any atom is 0.186 e. The van der Waals surface area contributed by atoms with Crippen LogP contribution in [0, 0.1) is 0 Å². The lowest BCUT2D eigenvalue weighted by molar-refractivity contribution is -0.171. The fraction of sp³-hybridized carbons (Fsp3) is 0.800. The van der Waals surface area contributed by atoms with Gasteiger partial charge in [-0.05, 0) is 19.8 Å². The van der Waals surface area contributed by atoms with Gasteiger partial charge in [0.1, 0.15) is 12.2 Å². The fourth-order valence-corrected chi connectivity index (χ4v) is 1.79. The van der Waals surface area contributed by atoms with E-state index in [9.17, 15) is 0 Å². The molecule has 74 valence electrons. The molecule has 0 aromatic rings. The summed E-state index contributed by atoms with van der Waals surface area (Å²) >= 11 is 0. The lowest BCUT2D eigenvalue weighted by Crippen LogP contribution is -2.22. The van der Waals surface area contributed by atoms with Gasteiger partial charge in [0.2, 0.25) is 0 Å². The summed E-state index contributed by atoms with van der Waals surface area (Å²) in [4.78, 5) is 0. The third kappa shape index (κ3) is 1.77. The minimum atomic E-state index is -0.121. The molecule has 0 aromatic carbocycles. The van der Waals surface area contributed by atoms with Crippen molar-refractivity contribution in [3.05, 3.63) is 12.7 Å². The minimum Gasteiger partial charge on any atom is -0.361 e. The number of rotatable bonds is 5. The van der Waals surface area contributed by atoms with Gasteiger partial charge in [-0.25, -0.2) is 0 Å². The van der Waals surface area contributed by atoms with Crippen molar-refractivity contribution in [1.82, 2.24) is 0 Å². The summed E-state index contributed by atoms with van der Waals surface area (Å²) < 4.78 is 16.5. The Labute approximate surface area is 78.7 Å². The van der Waals surface area contributed by atoms with Crippen molar-refractivity contribution in [2.45, 2.75) is 44.4 Å². The van der Waals surface area contributed by atoms with Crippen LogP contribution < -0.4 is 0 Å². The fourth-order valence-electron chi connectivity index (χ4n) is 1.79. The van der Waals surface area contributed by atoms with Crippen molar-refractivity contribution in [2.24, 2.45) is 0 Å². The van der Waals surface area contributed by atoms with Crippen LogP contribution in [-0.4, -0.2) is 31.2 Å². The first kappa shape index (κ1) is 9.19. The summed E-state index contributed by atoms with van der Waals surface area (Å²) in [5.41, 5.74) is 0. The quantitative estimate of drug-likeness (QED) is 0.479. The summed E-state index contributed by atoms with van der Waals surface area (Å²) in [6, 6.07) is 0. The zero-order valence-corrected chi connectivity index (χ0v) is 7.94. The van der Waals surface area contributed by atoms with Crippen molar-refractivity contribution in [3.8, 4) is 0 Å². The summed E-state index contributed by atoms with van der Waals surface area (Å²) in [7, 11) is 0. The Morgan fingerprint density at radius 1 is 1.38 bits per heavy atom. The predicted molar refractivity (Wildman–Crippen MR) is 48.4 cm³/mol. The predicted octanol–water partition coefficient (Wildman–Crippen LogP) is 1.48. The Morgan fingerprint density at radius 3 is 2.92 bits per heavy atom. The molecule has 2 fully saturated rings. The van der Waals surface area contributed by atoms with E-state index in [-0.39, 0.29) is 24.6 Å². The Morgan fingerprint density at radius 2 is 2.23 bits per heavy atom. The number of hydrogen-bond donors (Lipinski definition) is 0. The number of ether oxygens (including phenoxy) is 3. The highest BCUT2D eigenvalue weighted by molar-refractivity contribution is 5.00. The normalized spacial score (nSPS) is 41.6. The van der Waals surface area contributed by atoms with E-state index >= 15 is 0 Å². The molecule has 0 saturated carbocycles. The van der Waals surface area contributed by atoms with Crippen LogP contribution in [0.15, 0.2) is 12.7 Å². The van der Waals surface area contributed by atoms with Crippen molar-refractivity contribution in [1.29, 1.82) is 0 Å². The van der Waals surface area contributed by atoms with Gasteiger partial charge in [-0.1, -0.05) is 6.08 Å². The van der Waals surface area contributed by atoms with Crippen molar-refractivity contribution < 1.29 is 14.2 Å². The van der Waals surface area contributed by atoms with Crippen LogP contribution in [0.5, 0.6) is 0 Å². The molecule has 0 aliphatic carbocycles. The number of allylic oxidation sites excluding steroid dienone is 1. The average Bonchev–Trinajstić information content (AvgIpc) is 2.85. The van der Waals surface area contributed by atoms with Crippen molar-refractivity contribution >= 4 is 0 Å². The van der Waals surface area contributed by atoms with E-state index in [4.69, 9.17) is 14.2 Å². The molecule has 2 heterocycles. The summed E-state index contributed by atoms with van der Waals surface area (Å²) in [6.07, 6.45) is 4.48. The van der Waals surface area contributed by atoms with Gasteiger partial charge in [0, 0.05) is 6.61 Å². The molecule has 13 heavy (non-hydrogen) atoms. The second-order valence-corrected chi connectivity index (χ2v) is 3.43. The molecule has 2 saturated heterocycles. The molecule has 0 aromatic heterocycles. The molecule has 4 atom stereocenters. The van der Waals surface area contributed by atoms with Gasteiger partial charge in [-0.2, -0.15) is 0 Å². The van der Waals surface area contributed by atoms with Gasteiger partial charge in [-0.3, -0.25) is 0 Å². The minimum absolute atomic E-state index is 0.121. The molecular weight excluding hydrogens is 168 g/mol. The third-order valence-corrected chi connectivity index (χ3v) is 2.49. The molecule has 2 aliphatic rings. The first-order chi connectivity index (χ1) is 6.36. The zero-order valence-electron chi connectivity index (χ0n) is 7.94. The first-order valence-electron chi connectivity index (χ1n) is 4.90. The Balaban J connectivity index is 1.79. The van der Waals surface area contributed by atoms with Crippen LogP contribution >= 0.6 is 0 Å². The zero-order chi connectivity index (χ0) is 9.26. The van der Waals surface area contributed by atoms with E-state index in [1.165, 1.54) is 0 Å². The molecule has 2 aliphatic heterocycles. The lowest BCUT2D eigenvalue weighted by Gasteiger charge is -2.16. The average molecular weight is 184 g/mol. The molecule has 0 amide bonds. The molecule has 1 unspecified atom stereocenters. The molecule has 3 heteroatoms. The van der Waals surface area contributed by atoms with Crippen LogP contribution in [0.3, 0.4) is 0 Å². The smallest absolute Gasteiger partial charge is 0.186 e. The number of hydrogen-bond acceptors (Lipinski definition) is 3. The largest absolute Gasteiger partial charge is 0.361 e. The Bertz CT molecular complexity index is 193. The van der Waals surface area contributed by atoms with Gasteiger partial charge >= 0.3 is 0 Å². The van der Waals surface area contributed by atoms with Gasteiger partial charge in [-0.15, -0.1) is 6.58 Å². The van der Waals surface area contributed by atoms with E-state index in [1.807, 2.05) is 13.0 Å². The summed E-state index contributed by atoms with van der Waals surface area (Å²) in [6.45, 7) is 6.34. The maximum absolute atomic E-state index is 5.67. The number of fused-ring (bicyclic) bond motifs is 1. The van der Waals surface area contributed by atoms with E-state index in [0.717, 1.165) is 12.8 Å². The first-order valence-corrected chi connectivity index (χ1v) is 4.90. The molecule has 3 nitrogen and oxygen atoms in total. The van der Waals surface area contributed by atoms with Crippen LogP contribution in [0.25, 0.3) is 0 Å². The van der Waals surface area contributed by atoms with E-state index in [2.05, 4.69) is 6.58 Å². The topological polar surface area (TPSA) is 31.0 Å². The molecular formula is C10H16O3. The van der Waals surface area contributed by atoms with E-state index < -0.39 is 0 Å². The monoisotopic (exact) mass is 184 g/mol. The molecule has 2 rings (SSSR count). The van der Waals surface area contributed by atoms with Crippen LogP contribution in [0.4, 0.5) is 0 Å². The van der Waals surface area contributed by atoms with E-state index in [0.29, 0.717) is 6.61 Å². The summed E-state index contributed by atoms with van der Waals surface area (Å²) in [5.74, 6) is 0. The van der Waals surface area contributed by atoms with Crippen LogP contribution in [0.1, 0.15) is 19.8 Å². The van der Waals surface area contributed by atoms with Gasteiger partial charge < -0.3 is 14.2 Å². The summed E-state index contributed by atoms with van der Waals surface area (Å²) in [5, 5.41) is 0. The molecule has 0 spiro atoms. The second-order valence-electron chi connectivity index (χ2n) is 3.43. The van der Waals surface area contributed by atoms with Crippen LogP contribution in [0.2, 0.25) is 0 Å². The van der Waals surface area contributed by atoms with E-state index in [1.54, 1.807) is 0 Å². The van der Waals surface area contributed by atoms with Crippen molar-refractivity contribution in [3.63, 3.8) is 0 Å². The standard InChI is InChI=1S/C10H16O3/c1-3-5-6-7-8-9(13-8)10(12-7)11-4-2/h3,7-10H,1,4-6H2,2H3/t7-,8-,9-,10?/m1/s1. The Hall–Kier alpha value is -0.380. The molecule has 0 N–H and O–H groups in total. The van der Waals surface area contributed by atoms with Gasteiger partial charge in [0.25, 0.3) is 0 Å². The number of epoxide rings is 1.